The molecule has 0 N–H and O–H groups in total. The van der Waals surface area contributed by atoms with E-state index in [1.54, 1.807) is 0 Å². The molecule has 3 heteroatoms. The predicted octanol–water partition coefficient (Wildman–Crippen LogP) is 4.50. The molecule has 0 aliphatic heterocycles. The van der Waals surface area contributed by atoms with Crippen LogP contribution in [0.2, 0.25) is 0 Å². The van der Waals surface area contributed by atoms with Crippen molar-refractivity contribution in [1.29, 1.82) is 0 Å². The van der Waals surface area contributed by atoms with Crippen LogP contribution in [0.5, 0.6) is 5.75 Å². The third-order valence-corrected chi connectivity index (χ3v) is 2.34. The van der Waals surface area contributed by atoms with Crippen molar-refractivity contribution in [2.24, 2.45) is 0 Å². The molecule has 0 saturated heterocycles. The van der Waals surface area contributed by atoms with Gasteiger partial charge in [0, 0.05) is 0 Å². The second kappa shape index (κ2) is 4.54. The monoisotopic (exact) mass is 276 g/mol. The zero-order valence-electron chi connectivity index (χ0n) is 8.55. The number of hydrogen-bond donors (Lipinski definition) is 0. The molecule has 0 amide bonds. The van der Waals surface area contributed by atoms with E-state index in [9.17, 15) is 0 Å². The van der Waals surface area contributed by atoms with Crippen molar-refractivity contribution in [1.82, 2.24) is 0 Å². The van der Waals surface area contributed by atoms with Gasteiger partial charge in [-0.1, -0.05) is 28.1 Å². The summed E-state index contributed by atoms with van der Waals surface area (Å²) in [7, 11) is 0. The minimum absolute atomic E-state index is 0.133. The van der Waals surface area contributed by atoms with Crippen LogP contribution in [-0.2, 0) is 0 Å². The molecule has 0 aliphatic rings. The lowest BCUT2D eigenvalue weighted by Gasteiger charge is -2.21. The summed E-state index contributed by atoms with van der Waals surface area (Å²) in [5.74, 6) is 0.867. The Balaban J connectivity index is 2.74. The van der Waals surface area contributed by atoms with Gasteiger partial charge in [-0.05, 0) is 38.5 Å². The first-order chi connectivity index (χ1) is 6.38. The lowest BCUT2D eigenvalue weighted by molar-refractivity contribution is 0.131. The Morgan fingerprint density at radius 2 is 1.71 bits per heavy atom. The molecular formula is C11H14BrClO. The molecule has 1 aromatic rings. The highest BCUT2D eigenvalue weighted by molar-refractivity contribution is 9.09. The Morgan fingerprint density at radius 1 is 1.21 bits per heavy atom. The third-order valence-electron chi connectivity index (χ3n) is 1.56. The number of halogens is 2. The van der Waals surface area contributed by atoms with Gasteiger partial charge in [0.2, 0.25) is 0 Å². The van der Waals surface area contributed by atoms with Crippen LogP contribution in [0.3, 0.4) is 0 Å². The van der Waals surface area contributed by atoms with Crippen LogP contribution >= 0.6 is 27.5 Å². The molecule has 0 radical (unpaired) electrons. The van der Waals surface area contributed by atoms with Crippen molar-refractivity contribution in [2.45, 2.75) is 30.7 Å². The van der Waals surface area contributed by atoms with Crippen LogP contribution in [0.15, 0.2) is 24.3 Å². The SMILES string of the molecule is CC(C)(C)Oc1ccc(C(Cl)Br)cc1. The molecule has 0 heterocycles. The van der Waals surface area contributed by atoms with Gasteiger partial charge in [0.1, 0.15) is 15.6 Å². The molecule has 1 nitrogen and oxygen atoms in total. The van der Waals surface area contributed by atoms with E-state index in [2.05, 4.69) is 15.9 Å². The van der Waals surface area contributed by atoms with Crippen molar-refractivity contribution in [3.05, 3.63) is 29.8 Å². The van der Waals surface area contributed by atoms with Gasteiger partial charge in [-0.25, -0.2) is 0 Å². The van der Waals surface area contributed by atoms with Crippen LogP contribution in [0.1, 0.15) is 30.6 Å². The van der Waals surface area contributed by atoms with Gasteiger partial charge in [-0.2, -0.15) is 0 Å². The maximum atomic E-state index is 5.86. The normalized spacial score (nSPS) is 13.8. The average molecular weight is 278 g/mol. The van der Waals surface area contributed by atoms with Gasteiger partial charge in [0.15, 0.2) is 0 Å². The smallest absolute Gasteiger partial charge is 0.120 e. The van der Waals surface area contributed by atoms with E-state index in [4.69, 9.17) is 16.3 Å². The number of ether oxygens (including phenoxy) is 1. The van der Waals surface area contributed by atoms with E-state index in [1.807, 2.05) is 45.0 Å². The van der Waals surface area contributed by atoms with Crippen molar-refractivity contribution in [2.75, 3.05) is 0 Å². The minimum Gasteiger partial charge on any atom is -0.488 e. The molecule has 14 heavy (non-hydrogen) atoms. The highest BCUT2D eigenvalue weighted by Crippen LogP contribution is 2.28. The summed E-state index contributed by atoms with van der Waals surface area (Å²) in [4.78, 5) is 0. The number of benzene rings is 1. The highest BCUT2D eigenvalue weighted by atomic mass is 79.9. The third kappa shape index (κ3) is 3.89. The molecule has 78 valence electrons. The molecule has 1 aromatic carbocycles. The number of rotatable bonds is 2. The van der Waals surface area contributed by atoms with Gasteiger partial charge in [-0.15, -0.1) is 11.6 Å². The van der Waals surface area contributed by atoms with E-state index in [0.717, 1.165) is 11.3 Å². The predicted molar refractivity (Wildman–Crippen MR) is 64.3 cm³/mol. The van der Waals surface area contributed by atoms with E-state index < -0.39 is 0 Å². The van der Waals surface area contributed by atoms with Gasteiger partial charge in [-0.3, -0.25) is 0 Å². The molecule has 1 atom stereocenters. The zero-order chi connectivity index (χ0) is 10.8. The number of alkyl halides is 2. The summed E-state index contributed by atoms with van der Waals surface area (Å²) >= 11 is 9.16. The largest absolute Gasteiger partial charge is 0.488 e. The lowest BCUT2D eigenvalue weighted by atomic mass is 10.2. The summed E-state index contributed by atoms with van der Waals surface area (Å²) in [6.45, 7) is 6.07. The fourth-order valence-electron chi connectivity index (χ4n) is 1.03. The maximum absolute atomic E-state index is 5.86. The van der Waals surface area contributed by atoms with Crippen molar-refractivity contribution in [3.63, 3.8) is 0 Å². The molecule has 0 aromatic heterocycles. The van der Waals surface area contributed by atoms with E-state index in [-0.39, 0.29) is 9.89 Å². The first-order valence-electron chi connectivity index (χ1n) is 4.45. The first-order valence-corrected chi connectivity index (χ1v) is 5.81. The van der Waals surface area contributed by atoms with Crippen molar-refractivity contribution < 1.29 is 4.74 Å². The molecule has 0 saturated carbocycles. The quantitative estimate of drug-likeness (QED) is 0.723. The lowest BCUT2D eigenvalue weighted by Crippen LogP contribution is -2.22. The first kappa shape index (κ1) is 11.9. The van der Waals surface area contributed by atoms with Gasteiger partial charge >= 0.3 is 0 Å². The van der Waals surface area contributed by atoms with Crippen LogP contribution in [-0.4, -0.2) is 5.60 Å². The average Bonchev–Trinajstić information content (AvgIpc) is 2.02. The molecular weight excluding hydrogens is 263 g/mol. The Hall–Kier alpha value is -0.210. The van der Waals surface area contributed by atoms with Gasteiger partial charge < -0.3 is 4.74 Å². The summed E-state index contributed by atoms with van der Waals surface area (Å²) in [6.07, 6.45) is 0. The molecule has 1 unspecified atom stereocenters. The van der Waals surface area contributed by atoms with E-state index >= 15 is 0 Å². The summed E-state index contributed by atoms with van der Waals surface area (Å²) in [5, 5.41) is 0. The molecule has 0 aliphatic carbocycles. The second-order valence-electron chi connectivity index (χ2n) is 4.08. The fourth-order valence-corrected chi connectivity index (χ4v) is 1.49. The number of hydrogen-bond acceptors (Lipinski definition) is 1. The zero-order valence-corrected chi connectivity index (χ0v) is 10.9. The van der Waals surface area contributed by atoms with E-state index in [0.29, 0.717) is 0 Å². The Labute approximate surface area is 98.5 Å². The fraction of sp³-hybridized carbons (Fsp3) is 0.455. The van der Waals surface area contributed by atoms with Crippen molar-refractivity contribution >= 4 is 27.5 Å². The van der Waals surface area contributed by atoms with Crippen LogP contribution in [0, 0.1) is 0 Å². The standard InChI is InChI=1S/C11H14BrClO/c1-11(2,3)14-9-6-4-8(5-7-9)10(12)13/h4-7,10H,1-3H3. The van der Waals surface area contributed by atoms with Crippen LogP contribution in [0.4, 0.5) is 0 Å². The molecule has 0 fully saturated rings. The summed E-state index contributed by atoms with van der Waals surface area (Å²) in [6, 6.07) is 7.76. The van der Waals surface area contributed by atoms with E-state index in [1.165, 1.54) is 0 Å². The Kier molecular flexibility index (Phi) is 3.85. The summed E-state index contributed by atoms with van der Waals surface area (Å²) in [5.41, 5.74) is 0.879. The van der Waals surface area contributed by atoms with Gasteiger partial charge in [0.05, 0.1) is 0 Å². The van der Waals surface area contributed by atoms with Crippen LogP contribution < -0.4 is 4.74 Å². The molecule has 1 rings (SSSR count). The Morgan fingerprint density at radius 3 is 2.07 bits per heavy atom. The summed E-state index contributed by atoms with van der Waals surface area (Å²) < 4.78 is 5.54. The van der Waals surface area contributed by atoms with Gasteiger partial charge in [0.25, 0.3) is 0 Å². The Bertz CT molecular complexity index is 287. The molecule has 0 spiro atoms. The topological polar surface area (TPSA) is 9.23 Å². The minimum atomic E-state index is -0.156. The highest BCUT2D eigenvalue weighted by Gasteiger charge is 2.11. The molecule has 0 bridgehead atoms. The maximum Gasteiger partial charge on any atom is 0.120 e. The van der Waals surface area contributed by atoms with Crippen molar-refractivity contribution in [3.8, 4) is 5.75 Å². The second-order valence-corrected chi connectivity index (χ2v) is 5.96. The van der Waals surface area contributed by atoms with Crippen LogP contribution in [0.25, 0.3) is 0 Å².